The lowest BCUT2D eigenvalue weighted by molar-refractivity contribution is -0.142. The van der Waals surface area contributed by atoms with Crippen LogP contribution in [0.1, 0.15) is 12.8 Å². The zero-order chi connectivity index (χ0) is 13.4. The molecule has 19 heavy (non-hydrogen) atoms. The third-order valence-corrected chi connectivity index (χ3v) is 6.83. The van der Waals surface area contributed by atoms with Gasteiger partial charge in [0.2, 0.25) is 11.8 Å². The number of carbonyl (C=O) groups excluding carboxylic acids is 2. The molecule has 0 radical (unpaired) electrons. The van der Waals surface area contributed by atoms with E-state index in [1.165, 1.54) is 4.90 Å². The summed E-state index contributed by atoms with van der Waals surface area (Å²) in [6, 6.07) is -0.421. The zero-order valence-corrected chi connectivity index (χ0v) is 11.2. The summed E-state index contributed by atoms with van der Waals surface area (Å²) in [6.45, 7) is 0. The highest BCUT2D eigenvalue weighted by Gasteiger charge is 2.60. The topological polar surface area (TPSA) is 71.5 Å². The van der Waals surface area contributed by atoms with Crippen LogP contribution in [0.25, 0.3) is 0 Å². The average Bonchev–Trinajstić information content (AvgIpc) is 3.04. The molecule has 6 heteroatoms. The summed E-state index contributed by atoms with van der Waals surface area (Å²) in [4.78, 5) is 26.2. The van der Waals surface area contributed by atoms with Gasteiger partial charge in [-0.15, -0.1) is 0 Å². The van der Waals surface area contributed by atoms with E-state index in [9.17, 15) is 18.0 Å². The Morgan fingerprint density at radius 3 is 2.11 bits per heavy atom. The van der Waals surface area contributed by atoms with Gasteiger partial charge in [-0.1, -0.05) is 12.2 Å². The third-order valence-electron chi connectivity index (χ3n) is 5.08. The van der Waals surface area contributed by atoms with E-state index in [0.29, 0.717) is 6.42 Å². The molecule has 0 spiro atoms. The van der Waals surface area contributed by atoms with E-state index in [4.69, 9.17) is 0 Å². The number of rotatable bonds is 1. The van der Waals surface area contributed by atoms with Gasteiger partial charge in [-0.3, -0.25) is 14.5 Å². The Kier molecular flexibility index (Phi) is 2.13. The first kappa shape index (κ1) is 11.6. The van der Waals surface area contributed by atoms with Crippen LogP contribution < -0.4 is 0 Å². The van der Waals surface area contributed by atoms with Crippen molar-refractivity contribution < 1.29 is 18.0 Å². The Balaban J connectivity index is 1.66. The Bertz CT molecular complexity index is 578. The molecule has 2 amide bonds. The SMILES string of the molecule is O=C1[C@@H]2[C@H](C(=O)N1[C@@H]1CCS(=O)(=O)C1)[C@@H]1C=C[C@@H]2C1. The van der Waals surface area contributed by atoms with Gasteiger partial charge in [0.05, 0.1) is 29.4 Å². The smallest absolute Gasteiger partial charge is 0.234 e. The summed E-state index contributed by atoms with van der Waals surface area (Å²) in [7, 11) is -3.08. The van der Waals surface area contributed by atoms with Crippen LogP contribution in [0.4, 0.5) is 0 Å². The van der Waals surface area contributed by atoms with Crippen molar-refractivity contribution >= 4 is 21.7 Å². The number of nitrogens with zero attached hydrogens (tertiary/aromatic N) is 1. The summed E-state index contributed by atoms with van der Waals surface area (Å²) in [5.41, 5.74) is 0. The van der Waals surface area contributed by atoms with Crippen molar-refractivity contribution in [3.8, 4) is 0 Å². The molecule has 4 rings (SSSR count). The summed E-state index contributed by atoms with van der Waals surface area (Å²) < 4.78 is 23.1. The highest BCUT2D eigenvalue weighted by Crippen LogP contribution is 2.53. The minimum Gasteiger partial charge on any atom is -0.278 e. The fourth-order valence-electron chi connectivity index (χ4n) is 4.26. The number of imide groups is 1. The number of amides is 2. The molecule has 2 saturated heterocycles. The average molecular weight is 281 g/mol. The van der Waals surface area contributed by atoms with Crippen LogP contribution in [0.3, 0.4) is 0 Å². The Labute approximate surface area is 111 Å². The fourth-order valence-corrected chi connectivity index (χ4v) is 5.96. The van der Waals surface area contributed by atoms with E-state index < -0.39 is 15.9 Å². The Hall–Kier alpha value is -1.17. The van der Waals surface area contributed by atoms with E-state index in [2.05, 4.69) is 0 Å². The monoisotopic (exact) mass is 281 g/mol. The van der Waals surface area contributed by atoms with Crippen molar-refractivity contribution in [3.05, 3.63) is 12.2 Å². The standard InChI is InChI=1S/C13H15NO4S/c15-12-10-7-1-2-8(5-7)11(10)13(16)14(12)9-3-4-19(17,18)6-9/h1-2,7-11H,3-6H2/t7-,8-,9-,10-,11+/m1/s1. The maximum absolute atomic E-state index is 12.5. The molecule has 0 unspecified atom stereocenters. The summed E-state index contributed by atoms with van der Waals surface area (Å²) >= 11 is 0. The second-order valence-electron chi connectivity index (χ2n) is 6.10. The molecular formula is C13H15NO4S. The van der Waals surface area contributed by atoms with Gasteiger partial charge in [-0.25, -0.2) is 8.42 Å². The van der Waals surface area contributed by atoms with Crippen molar-refractivity contribution in [1.29, 1.82) is 0 Å². The second-order valence-corrected chi connectivity index (χ2v) is 8.33. The normalized spacial score (nSPS) is 46.3. The van der Waals surface area contributed by atoms with Gasteiger partial charge in [0.1, 0.15) is 0 Å². The van der Waals surface area contributed by atoms with Crippen molar-refractivity contribution in [2.24, 2.45) is 23.7 Å². The molecule has 2 bridgehead atoms. The molecule has 0 N–H and O–H groups in total. The van der Waals surface area contributed by atoms with Gasteiger partial charge in [0.15, 0.2) is 9.84 Å². The lowest BCUT2D eigenvalue weighted by atomic mass is 9.85. The molecule has 0 aromatic heterocycles. The molecule has 1 saturated carbocycles. The van der Waals surface area contributed by atoms with Crippen molar-refractivity contribution in [2.75, 3.05) is 11.5 Å². The van der Waals surface area contributed by atoms with Crippen LogP contribution in [0, 0.1) is 23.7 Å². The zero-order valence-electron chi connectivity index (χ0n) is 10.4. The lowest BCUT2D eigenvalue weighted by Crippen LogP contribution is -2.42. The summed E-state index contributed by atoms with van der Waals surface area (Å²) in [6.07, 6.45) is 5.41. The number of hydrogen-bond acceptors (Lipinski definition) is 4. The van der Waals surface area contributed by atoms with Crippen molar-refractivity contribution in [1.82, 2.24) is 4.90 Å². The van der Waals surface area contributed by atoms with E-state index in [-0.39, 0.29) is 47.0 Å². The van der Waals surface area contributed by atoms with Gasteiger partial charge < -0.3 is 0 Å². The van der Waals surface area contributed by atoms with E-state index in [1.807, 2.05) is 12.2 Å². The molecule has 5 nitrogen and oxygen atoms in total. The Morgan fingerprint density at radius 1 is 1.05 bits per heavy atom. The molecule has 2 aliphatic carbocycles. The van der Waals surface area contributed by atoms with Crippen LogP contribution in [-0.4, -0.2) is 42.7 Å². The van der Waals surface area contributed by atoms with Gasteiger partial charge in [-0.05, 0) is 24.7 Å². The predicted octanol–water partition coefficient (Wildman–Crippen LogP) is -0.0194. The van der Waals surface area contributed by atoms with E-state index in [1.54, 1.807) is 0 Å². The van der Waals surface area contributed by atoms with Crippen molar-refractivity contribution in [2.45, 2.75) is 18.9 Å². The largest absolute Gasteiger partial charge is 0.278 e. The first-order valence-electron chi connectivity index (χ1n) is 6.73. The first-order chi connectivity index (χ1) is 8.98. The van der Waals surface area contributed by atoms with Crippen LogP contribution in [0.2, 0.25) is 0 Å². The predicted molar refractivity (Wildman–Crippen MR) is 66.6 cm³/mol. The summed E-state index contributed by atoms with van der Waals surface area (Å²) in [5, 5.41) is 0. The minimum absolute atomic E-state index is 0.0489. The summed E-state index contributed by atoms with van der Waals surface area (Å²) in [5.74, 6) is -0.273. The number of likely N-dealkylation sites (tertiary alicyclic amines) is 1. The number of hydrogen-bond donors (Lipinski definition) is 0. The maximum Gasteiger partial charge on any atom is 0.234 e. The van der Waals surface area contributed by atoms with Gasteiger partial charge in [0, 0.05) is 0 Å². The number of fused-ring (bicyclic) bond motifs is 5. The van der Waals surface area contributed by atoms with E-state index in [0.717, 1.165) is 6.42 Å². The highest BCUT2D eigenvalue weighted by atomic mass is 32.2. The number of carbonyl (C=O) groups is 2. The lowest BCUT2D eigenvalue weighted by Gasteiger charge is -2.22. The van der Waals surface area contributed by atoms with Crippen LogP contribution in [0.5, 0.6) is 0 Å². The number of sulfone groups is 1. The molecule has 2 aliphatic heterocycles. The molecular weight excluding hydrogens is 266 g/mol. The van der Waals surface area contributed by atoms with Crippen LogP contribution >= 0.6 is 0 Å². The van der Waals surface area contributed by atoms with Gasteiger partial charge in [0.25, 0.3) is 0 Å². The Morgan fingerprint density at radius 2 is 1.63 bits per heavy atom. The van der Waals surface area contributed by atoms with Crippen molar-refractivity contribution in [3.63, 3.8) is 0 Å². The molecule has 102 valence electrons. The minimum atomic E-state index is -3.08. The molecule has 0 aromatic carbocycles. The van der Waals surface area contributed by atoms with Crippen LogP contribution in [-0.2, 0) is 19.4 Å². The first-order valence-corrected chi connectivity index (χ1v) is 8.56. The molecule has 2 heterocycles. The molecule has 4 aliphatic rings. The second kappa shape index (κ2) is 3.48. The third kappa shape index (κ3) is 1.43. The maximum atomic E-state index is 12.5. The quantitative estimate of drug-likeness (QED) is 0.500. The van der Waals surface area contributed by atoms with E-state index >= 15 is 0 Å². The van der Waals surface area contributed by atoms with Crippen LogP contribution in [0.15, 0.2) is 12.2 Å². The fraction of sp³-hybridized carbons (Fsp3) is 0.692. The number of allylic oxidation sites excluding steroid dienone is 2. The highest BCUT2D eigenvalue weighted by molar-refractivity contribution is 7.91. The van der Waals surface area contributed by atoms with Gasteiger partial charge in [-0.2, -0.15) is 0 Å². The van der Waals surface area contributed by atoms with Gasteiger partial charge >= 0.3 is 0 Å². The molecule has 0 aromatic rings. The molecule has 3 fully saturated rings. The molecule has 5 atom stereocenters.